The second-order valence-corrected chi connectivity index (χ2v) is 6.61. The third-order valence-corrected chi connectivity index (χ3v) is 4.79. The summed E-state index contributed by atoms with van der Waals surface area (Å²) in [6.07, 6.45) is 3.24. The Labute approximate surface area is 146 Å². The molecule has 5 nitrogen and oxygen atoms in total. The van der Waals surface area contributed by atoms with Crippen LogP contribution in [0, 0.1) is 5.82 Å². The van der Waals surface area contributed by atoms with Crippen molar-refractivity contribution in [3.05, 3.63) is 65.7 Å². The molecule has 1 unspecified atom stereocenters. The van der Waals surface area contributed by atoms with E-state index in [-0.39, 0.29) is 5.82 Å². The molecular weight excluding hydrogens is 321 g/mol. The van der Waals surface area contributed by atoms with Crippen molar-refractivity contribution in [1.82, 2.24) is 9.88 Å². The Morgan fingerprint density at radius 3 is 2.48 bits per heavy atom. The molecule has 3 rings (SSSR count). The van der Waals surface area contributed by atoms with Crippen molar-refractivity contribution in [3.63, 3.8) is 0 Å². The van der Waals surface area contributed by atoms with Crippen molar-refractivity contribution in [2.75, 3.05) is 13.1 Å². The first-order valence-corrected chi connectivity index (χ1v) is 8.38. The highest BCUT2D eigenvalue weighted by molar-refractivity contribution is 5.81. The molecule has 6 heteroatoms. The van der Waals surface area contributed by atoms with Gasteiger partial charge in [0.2, 0.25) is 5.91 Å². The Balaban J connectivity index is 1.69. The fourth-order valence-corrected chi connectivity index (χ4v) is 3.42. The van der Waals surface area contributed by atoms with Crippen LogP contribution >= 0.6 is 0 Å². The maximum Gasteiger partial charge on any atom is 0.239 e. The summed E-state index contributed by atoms with van der Waals surface area (Å²) in [5, 5.41) is 10.8. The Bertz CT molecular complexity index is 713. The van der Waals surface area contributed by atoms with E-state index < -0.39 is 17.6 Å². The van der Waals surface area contributed by atoms with Crippen LogP contribution in [0.3, 0.4) is 0 Å². The predicted octanol–water partition coefficient (Wildman–Crippen LogP) is 1.82. The highest BCUT2D eigenvalue weighted by Gasteiger charge is 2.37. The molecule has 1 aliphatic rings. The highest BCUT2D eigenvalue weighted by atomic mass is 19.1. The number of halogens is 1. The Morgan fingerprint density at radius 1 is 1.24 bits per heavy atom. The van der Waals surface area contributed by atoms with Gasteiger partial charge in [0.1, 0.15) is 11.9 Å². The fraction of sp³-hybridized carbons (Fsp3) is 0.368. The van der Waals surface area contributed by atoms with Gasteiger partial charge in [-0.25, -0.2) is 4.39 Å². The number of primary amides is 1. The maximum absolute atomic E-state index is 13.1. The molecule has 0 saturated carbocycles. The minimum atomic E-state index is -0.837. The smallest absolute Gasteiger partial charge is 0.239 e. The molecule has 1 aliphatic heterocycles. The number of rotatable bonds is 5. The number of carbonyl (C=O) groups is 1. The molecule has 2 heterocycles. The predicted molar refractivity (Wildman–Crippen MR) is 92.0 cm³/mol. The third kappa shape index (κ3) is 4.21. The van der Waals surface area contributed by atoms with E-state index in [4.69, 9.17) is 5.73 Å². The number of carbonyl (C=O) groups excluding carboxylic acids is 1. The molecule has 0 radical (unpaired) electrons. The van der Waals surface area contributed by atoms with Gasteiger partial charge in [-0.2, -0.15) is 0 Å². The molecule has 1 aromatic carbocycles. The molecule has 0 spiro atoms. The lowest BCUT2D eigenvalue weighted by molar-refractivity contribution is -0.125. The number of pyridine rings is 1. The van der Waals surface area contributed by atoms with E-state index in [9.17, 15) is 14.3 Å². The average molecular weight is 343 g/mol. The average Bonchev–Trinajstić information content (AvgIpc) is 2.59. The molecular formula is C19H22FN3O2. The summed E-state index contributed by atoms with van der Waals surface area (Å²) in [7, 11) is 0. The van der Waals surface area contributed by atoms with Crippen molar-refractivity contribution in [2.45, 2.75) is 30.9 Å². The van der Waals surface area contributed by atoms with Gasteiger partial charge in [-0.15, -0.1) is 0 Å². The first kappa shape index (κ1) is 17.5. The lowest BCUT2D eigenvalue weighted by Crippen LogP contribution is -2.49. The molecule has 1 atom stereocenters. The SMILES string of the molecule is NC(=O)C(c1ccc(F)cc1)N1CCC(O)(Cc2ccccn2)CC1. The van der Waals surface area contributed by atoms with Crippen LogP contribution in [0.15, 0.2) is 48.7 Å². The van der Waals surface area contributed by atoms with Crippen LogP contribution in [0.25, 0.3) is 0 Å². The molecule has 132 valence electrons. The number of piperidine rings is 1. The molecule has 1 saturated heterocycles. The van der Waals surface area contributed by atoms with Gasteiger partial charge < -0.3 is 10.8 Å². The van der Waals surface area contributed by atoms with Crippen LogP contribution < -0.4 is 5.73 Å². The number of amides is 1. The molecule has 0 aliphatic carbocycles. The van der Waals surface area contributed by atoms with Crippen LogP contribution in [0.1, 0.15) is 30.1 Å². The number of nitrogens with zero attached hydrogens (tertiary/aromatic N) is 2. The van der Waals surface area contributed by atoms with Crippen molar-refractivity contribution in [1.29, 1.82) is 0 Å². The topological polar surface area (TPSA) is 79.5 Å². The lowest BCUT2D eigenvalue weighted by atomic mass is 9.85. The summed E-state index contributed by atoms with van der Waals surface area (Å²) in [6.45, 7) is 1.07. The van der Waals surface area contributed by atoms with Gasteiger partial charge in [-0.1, -0.05) is 18.2 Å². The van der Waals surface area contributed by atoms with Crippen LogP contribution in [0.4, 0.5) is 4.39 Å². The normalized spacial score (nSPS) is 18.6. The number of hydrogen-bond acceptors (Lipinski definition) is 4. The minimum absolute atomic E-state index is 0.352. The zero-order chi connectivity index (χ0) is 17.9. The third-order valence-electron chi connectivity index (χ3n) is 4.79. The van der Waals surface area contributed by atoms with Gasteiger partial charge >= 0.3 is 0 Å². The van der Waals surface area contributed by atoms with Crippen molar-refractivity contribution < 1.29 is 14.3 Å². The van der Waals surface area contributed by atoms with Gasteiger partial charge in [0, 0.05) is 31.4 Å². The summed E-state index contributed by atoms with van der Waals surface area (Å²) in [5.41, 5.74) is 6.27. The van der Waals surface area contributed by atoms with Crippen molar-refractivity contribution in [3.8, 4) is 0 Å². The van der Waals surface area contributed by atoms with Crippen molar-refractivity contribution in [2.24, 2.45) is 5.73 Å². The Hall–Kier alpha value is -2.31. The van der Waals surface area contributed by atoms with Gasteiger partial charge in [0.15, 0.2) is 0 Å². The van der Waals surface area contributed by atoms with Crippen LogP contribution in [-0.2, 0) is 11.2 Å². The van der Waals surface area contributed by atoms with Gasteiger partial charge in [-0.3, -0.25) is 14.7 Å². The van der Waals surface area contributed by atoms with Crippen molar-refractivity contribution >= 4 is 5.91 Å². The standard InChI is InChI=1S/C19H22FN3O2/c20-15-6-4-14(5-7-15)17(18(21)24)23-11-8-19(25,9-12-23)13-16-3-1-2-10-22-16/h1-7,10,17,25H,8-9,11-13H2,(H2,21,24). The van der Waals surface area contributed by atoms with E-state index in [1.165, 1.54) is 12.1 Å². The number of aliphatic hydroxyl groups is 1. The molecule has 25 heavy (non-hydrogen) atoms. The van der Waals surface area contributed by atoms with Crippen LogP contribution in [0.5, 0.6) is 0 Å². The largest absolute Gasteiger partial charge is 0.389 e. The summed E-state index contributed by atoms with van der Waals surface area (Å²) < 4.78 is 13.1. The summed E-state index contributed by atoms with van der Waals surface area (Å²) in [5.74, 6) is -0.822. The molecule has 2 aromatic rings. The molecule has 1 fully saturated rings. The van der Waals surface area contributed by atoms with Crippen LogP contribution in [-0.4, -0.2) is 39.6 Å². The molecule has 3 N–H and O–H groups in total. The first-order chi connectivity index (χ1) is 12.0. The Morgan fingerprint density at radius 2 is 1.92 bits per heavy atom. The number of benzene rings is 1. The number of hydrogen-bond donors (Lipinski definition) is 2. The van der Waals surface area contributed by atoms with E-state index in [1.807, 2.05) is 23.1 Å². The maximum atomic E-state index is 13.1. The highest BCUT2D eigenvalue weighted by Crippen LogP contribution is 2.31. The summed E-state index contributed by atoms with van der Waals surface area (Å²) in [4.78, 5) is 18.2. The first-order valence-electron chi connectivity index (χ1n) is 8.38. The quantitative estimate of drug-likeness (QED) is 0.868. The van der Waals surface area contributed by atoms with E-state index in [2.05, 4.69) is 4.98 Å². The molecule has 1 aromatic heterocycles. The lowest BCUT2D eigenvalue weighted by Gasteiger charge is -2.40. The summed E-state index contributed by atoms with van der Waals surface area (Å²) in [6, 6.07) is 10.8. The molecule has 0 bridgehead atoms. The number of likely N-dealkylation sites (tertiary alicyclic amines) is 1. The van der Waals surface area contributed by atoms with E-state index in [0.29, 0.717) is 37.9 Å². The van der Waals surface area contributed by atoms with E-state index in [1.54, 1.807) is 18.3 Å². The second-order valence-electron chi connectivity index (χ2n) is 6.61. The Kier molecular flexibility index (Phi) is 5.11. The number of aromatic nitrogens is 1. The minimum Gasteiger partial charge on any atom is -0.389 e. The fourth-order valence-electron chi connectivity index (χ4n) is 3.42. The zero-order valence-electron chi connectivity index (χ0n) is 13.9. The molecule has 1 amide bonds. The summed E-state index contributed by atoms with van der Waals surface area (Å²) >= 11 is 0. The number of nitrogens with two attached hydrogens (primary N) is 1. The second kappa shape index (κ2) is 7.29. The van der Waals surface area contributed by atoms with Gasteiger partial charge in [0.05, 0.1) is 5.60 Å². The van der Waals surface area contributed by atoms with E-state index >= 15 is 0 Å². The monoisotopic (exact) mass is 343 g/mol. The van der Waals surface area contributed by atoms with Gasteiger partial charge in [-0.05, 0) is 42.7 Å². The zero-order valence-corrected chi connectivity index (χ0v) is 13.9. The van der Waals surface area contributed by atoms with Crippen LogP contribution in [0.2, 0.25) is 0 Å². The van der Waals surface area contributed by atoms with Gasteiger partial charge in [0.25, 0.3) is 0 Å². The van der Waals surface area contributed by atoms with E-state index in [0.717, 1.165) is 5.69 Å².